The van der Waals surface area contributed by atoms with E-state index >= 15 is 0 Å². The molecule has 0 radical (unpaired) electrons. The lowest BCUT2D eigenvalue weighted by molar-refractivity contribution is 0.0600. The molecule has 0 amide bonds. The summed E-state index contributed by atoms with van der Waals surface area (Å²) in [5.74, 6) is 1.67. The minimum atomic E-state index is -0.363. The van der Waals surface area contributed by atoms with E-state index in [9.17, 15) is 4.79 Å². The molecule has 0 bridgehead atoms. The van der Waals surface area contributed by atoms with Crippen molar-refractivity contribution in [3.8, 4) is 10.9 Å². The second-order valence-electron chi connectivity index (χ2n) is 4.31. The van der Waals surface area contributed by atoms with Crippen LogP contribution in [0.2, 0.25) is 0 Å². The quantitative estimate of drug-likeness (QED) is 0.803. The van der Waals surface area contributed by atoms with Gasteiger partial charge in [-0.25, -0.2) is 4.79 Å². The van der Waals surface area contributed by atoms with Crippen LogP contribution in [0, 0.1) is 0 Å². The van der Waals surface area contributed by atoms with Crippen LogP contribution >= 0.6 is 11.5 Å². The average molecular weight is 276 g/mol. The van der Waals surface area contributed by atoms with Crippen LogP contribution in [0.3, 0.4) is 0 Å². The van der Waals surface area contributed by atoms with Gasteiger partial charge in [0.05, 0.1) is 12.7 Å². The van der Waals surface area contributed by atoms with E-state index in [2.05, 4.69) is 14.1 Å². The summed E-state index contributed by atoms with van der Waals surface area (Å²) in [5, 5.41) is 0.535. The molecule has 1 saturated carbocycles. The molecule has 0 atom stereocenters. The standard InChI is InChI=1S/C13H12N2O3S/c1-17-12(16)9-4-6-10(7-5-9)18-13-14-11(15-19-13)8-2-3-8/h4-8H,2-3H2,1H3. The Hall–Kier alpha value is -1.95. The Morgan fingerprint density at radius 3 is 2.68 bits per heavy atom. The fourth-order valence-electron chi connectivity index (χ4n) is 1.65. The number of aromatic nitrogens is 2. The Kier molecular flexibility index (Phi) is 3.16. The van der Waals surface area contributed by atoms with Gasteiger partial charge in [0, 0.05) is 17.5 Å². The molecule has 1 aliphatic carbocycles. The first kappa shape index (κ1) is 12.1. The molecule has 2 aromatic rings. The third-order valence-corrected chi connectivity index (χ3v) is 3.46. The monoisotopic (exact) mass is 276 g/mol. The molecular formula is C13H12N2O3S. The first-order valence-electron chi connectivity index (χ1n) is 5.96. The zero-order valence-corrected chi connectivity index (χ0v) is 11.1. The molecule has 19 heavy (non-hydrogen) atoms. The zero-order chi connectivity index (χ0) is 13.2. The minimum absolute atomic E-state index is 0.363. The van der Waals surface area contributed by atoms with Crippen LogP contribution in [0.25, 0.3) is 0 Å². The SMILES string of the molecule is COC(=O)c1ccc(Oc2nc(C3CC3)ns2)cc1. The summed E-state index contributed by atoms with van der Waals surface area (Å²) in [6, 6.07) is 6.74. The Balaban J connectivity index is 1.69. The van der Waals surface area contributed by atoms with Crippen LogP contribution in [0.1, 0.15) is 34.9 Å². The van der Waals surface area contributed by atoms with Crippen LogP contribution < -0.4 is 4.74 Å². The van der Waals surface area contributed by atoms with Crippen molar-refractivity contribution >= 4 is 17.5 Å². The summed E-state index contributed by atoms with van der Waals surface area (Å²) < 4.78 is 14.5. The van der Waals surface area contributed by atoms with E-state index in [0.717, 1.165) is 5.82 Å². The van der Waals surface area contributed by atoms with Gasteiger partial charge >= 0.3 is 5.97 Å². The van der Waals surface area contributed by atoms with Gasteiger partial charge in [-0.05, 0) is 37.1 Å². The number of hydrogen-bond donors (Lipinski definition) is 0. The van der Waals surface area contributed by atoms with Gasteiger partial charge in [-0.3, -0.25) is 0 Å². The van der Waals surface area contributed by atoms with E-state index in [1.54, 1.807) is 24.3 Å². The van der Waals surface area contributed by atoms with Crippen LogP contribution in [0.5, 0.6) is 10.9 Å². The van der Waals surface area contributed by atoms with E-state index < -0.39 is 0 Å². The van der Waals surface area contributed by atoms with Gasteiger partial charge in [-0.1, -0.05) is 0 Å². The number of rotatable bonds is 4. The number of nitrogens with zero attached hydrogens (tertiary/aromatic N) is 2. The van der Waals surface area contributed by atoms with E-state index in [1.165, 1.54) is 31.5 Å². The maximum Gasteiger partial charge on any atom is 0.337 e. The van der Waals surface area contributed by atoms with Crippen molar-refractivity contribution < 1.29 is 14.3 Å². The zero-order valence-electron chi connectivity index (χ0n) is 10.3. The van der Waals surface area contributed by atoms with E-state index in [-0.39, 0.29) is 5.97 Å². The lowest BCUT2D eigenvalue weighted by Gasteiger charge is -2.02. The second kappa shape index (κ2) is 4.97. The molecule has 1 fully saturated rings. The Morgan fingerprint density at radius 1 is 1.32 bits per heavy atom. The van der Waals surface area contributed by atoms with Gasteiger partial charge in [0.2, 0.25) is 0 Å². The summed E-state index contributed by atoms with van der Waals surface area (Å²) >= 11 is 1.25. The fraction of sp³-hybridized carbons (Fsp3) is 0.308. The first-order chi connectivity index (χ1) is 9.26. The molecule has 1 aromatic heterocycles. The lowest BCUT2D eigenvalue weighted by Crippen LogP contribution is -2.00. The highest BCUT2D eigenvalue weighted by molar-refractivity contribution is 7.07. The number of hydrogen-bond acceptors (Lipinski definition) is 6. The average Bonchev–Trinajstić information content (AvgIpc) is 3.20. The Morgan fingerprint density at radius 2 is 2.05 bits per heavy atom. The highest BCUT2D eigenvalue weighted by Crippen LogP contribution is 2.40. The van der Waals surface area contributed by atoms with Gasteiger partial charge < -0.3 is 9.47 Å². The maximum atomic E-state index is 11.3. The molecule has 0 spiro atoms. The van der Waals surface area contributed by atoms with Gasteiger partial charge in [-0.2, -0.15) is 9.36 Å². The molecule has 5 nitrogen and oxygen atoms in total. The third-order valence-electron chi connectivity index (χ3n) is 2.85. The summed E-state index contributed by atoms with van der Waals surface area (Å²) in [6.07, 6.45) is 2.34. The highest BCUT2D eigenvalue weighted by atomic mass is 32.1. The third kappa shape index (κ3) is 2.73. The lowest BCUT2D eigenvalue weighted by atomic mass is 10.2. The normalized spacial score (nSPS) is 14.2. The van der Waals surface area contributed by atoms with Gasteiger partial charge in [0.15, 0.2) is 0 Å². The van der Waals surface area contributed by atoms with Crippen LogP contribution in [0.4, 0.5) is 0 Å². The van der Waals surface area contributed by atoms with Gasteiger partial charge in [0.25, 0.3) is 5.19 Å². The molecule has 6 heteroatoms. The number of benzene rings is 1. The van der Waals surface area contributed by atoms with E-state index in [4.69, 9.17) is 4.74 Å². The predicted molar refractivity (Wildman–Crippen MR) is 69.7 cm³/mol. The predicted octanol–water partition coefficient (Wildman–Crippen LogP) is 2.99. The minimum Gasteiger partial charge on any atom is -0.465 e. The smallest absolute Gasteiger partial charge is 0.337 e. The van der Waals surface area contributed by atoms with Crippen LogP contribution in [0.15, 0.2) is 24.3 Å². The molecule has 1 aliphatic rings. The molecule has 0 aliphatic heterocycles. The molecule has 0 unspecified atom stereocenters. The number of methoxy groups -OCH3 is 1. The molecule has 0 saturated heterocycles. The summed E-state index contributed by atoms with van der Waals surface area (Å²) in [4.78, 5) is 15.6. The van der Waals surface area contributed by atoms with Gasteiger partial charge in [-0.15, -0.1) is 0 Å². The van der Waals surface area contributed by atoms with Crippen molar-refractivity contribution in [3.63, 3.8) is 0 Å². The maximum absolute atomic E-state index is 11.3. The van der Waals surface area contributed by atoms with Crippen molar-refractivity contribution in [2.45, 2.75) is 18.8 Å². The number of ether oxygens (including phenoxy) is 2. The van der Waals surface area contributed by atoms with E-state index in [0.29, 0.717) is 22.4 Å². The van der Waals surface area contributed by atoms with Crippen LogP contribution in [-0.2, 0) is 4.74 Å². The molecule has 1 heterocycles. The highest BCUT2D eigenvalue weighted by Gasteiger charge is 2.28. The Bertz CT molecular complexity index is 590. The van der Waals surface area contributed by atoms with Gasteiger partial charge in [0.1, 0.15) is 11.6 Å². The van der Waals surface area contributed by atoms with Crippen molar-refractivity contribution in [1.82, 2.24) is 9.36 Å². The molecule has 98 valence electrons. The van der Waals surface area contributed by atoms with E-state index in [1.807, 2.05) is 0 Å². The molecular weight excluding hydrogens is 264 g/mol. The van der Waals surface area contributed by atoms with Crippen molar-refractivity contribution in [2.75, 3.05) is 7.11 Å². The molecule has 1 aromatic carbocycles. The van der Waals surface area contributed by atoms with Crippen molar-refractivity contribution in [2.24, 2.45) is 0 Å². The summed E-state index contributed by atoms with van der Waals surface area (Å²) in [7, 11) is 1.35. The topological polar surface area (TPSA) is 61.3 Å². The number of esters is 1. The number of carbonyl (C=O) groups excluding carboxylic acids is 1. The van der Waals surface area contributed by atoms with Crippen LogP contribution in [-0.4, -0.2) is 22.4 Å². The fourth-order valence-corrected chi connectivity index (χ4v) is 2.28. The van der Waals surface area contributed by atoms with Crippen molar-refractivity contribution in [3.05, 3.63) is 35.7 Å². The van der Waals surface area contributed by atoms with Crippen molar-refractivity contribution in [1.29, 1.82) is 0 Å². The summed E-state index contributed by atoms with van der Waals surface area (Å²) in [5.41, 5.74) is 0.491. The summed E-state index contributed by atoms with van der Waals surface area (Å²) in [6.45, 7) is 0. The molecule has 3 rings (SSSR count). The number of carbonyl (C=O) groups is 1. The first-order valence-corrected chi connectivity index (χ1v) is 6.73. The molecule has 0 N–H and O–H groups in total. The second-order valence-corrected chi connectivity index (χ2v) is 5.03. The Labute approximate surface area is 114 Å². The largest absolute Gasteiger partial charge is 0.465 e.